The summed E-state index contributed by atoms with van der Waals surface area (Å²) < 4.78 is 308. The molecule has 0 fully saturated rings. The molecule has 15 aromatic rings. The molecule has 0 aliphatic heterocycles. The second kappa shape index (κ2) is 18.9. The fourth-order valence-corrected chi connectivity index (χ4v) is 10.8. The number of halogens is 4. The van der Waals surface area contributed by atoms with Crippen LogP contribution >= 0.6 is 94.1 Å². The van der Waals surface area contributed by atoms with Gasteiger partial charge in [-0.3, -0.25) is 0 Å². The van der Waals surface area contributed by atoms with Gasteiger partial charge in [-0.25, -0.2) is 0 Å². The van der Waals surface area contributed by atoms with Gasteiger partial charge in [-0.1, -0.05) is 141 Å². The highest BCUT2D eigenvalue weighted by atomic mass is 80.9. The fourth-order valence-electron chi connectivity index (χ4n) is 7.45. The number of para-hydroxylation sites is 4. The number of fused-ring (bicyclic) bond motifs is 15. The van der Waals surface area contributed by atoms with E-state index >= 15 is 0 Å². The zero-order valence-corrected chi connectivity index (χ0v) is 42.4. The Hall–Kier alpha value is -5.62. The zero-order valence-electron chi connectivity index (χ0n) is 69.6. The molecule has 0 saturated heterocycles. The lowest BCUT2D eigenvalue weighted by molar-refractivity contribution is 1.18. The summed E-state index contributed by atoms with van der Waals surface area (Å²) in [7, 11) is 0. The minimum atomic E-state index is -0.773. The topological polar surface area (TPSA) is 9.86 Å². The average Bonchev–Trinajstić information content (AvgIpc) is 1.54. The lowest BCUT2D eigenvalue weighted by atomic mass is 10.1. The van der Waals surface area contributed by atoms with Crippen LogP contribution in [0.4, 0.5) is 0 Å². The average molecular weight is 1240 g/mol. The standard InChI is InChI=1S/C36H22N2S.C12H6Br2S.C12H8S.Br2/c1-5-13-31-25(9-1)26-10-2-6-14-32(26)37(31)23-17-19-35-29(21-23)30-22-24(18-20-36(30)39-35)38-33-15-7-3-11-27(33)28-12-4-8-16-34(28)38;13-7-1-3-11-9(5-7)10-6-8(14)2-4-12(10)15-11;1-3-7-11-9(5-1)10-6-2-4-8-12(10)13-11;1-2/h1-22H;1-6H;1-8H;/i1D,2D,3D,4D,5D,6D,7D,8D,9D,10D,11D,12D,13D,14D,15D,16D,17D,18D,19D,20D,21D,22D;1D,2D,3D,4D,5D,6D;1D,2D,3D,4D,5D,6D,7D,8D;. The summed E-state index contributed by atoms with van der Waals surface area (Å²) >= 11 is 14.5. The second-order valence-electron chi connectivity index (χ2n) is 13.9. The van der Waals surface area contributed by atoms with Crippen LogP contribution in [0.5, 0.6) is 0 Å². The van der Waals surface area contributed by atoms with Crippen molar-refractivity contribution in [2.75, 3.05) is 0 Å². The summed E-state index contributed by atoms with van der Waals surface area (Å²) in [6, 6.07) is -18.5. The first kappa shape index (κ1) is 20.2. The molecule has 2 nitrogen and oxygen atoms in total. The first-order valence-corrected chi connectivity index (χ1v) is 27.1. The predicted molar refractivity (Wildman–Crippen MR) is 320 cm³/mol. The van der Waals surface area contributed by atoms with Crippen LogP contribution in [-0.2, 0) is 0 Å². The molecule has 0 unspecified atom stereocenters. The van der Waals surface area contributed by atoms with Gasteiger partial charge in [0.15, 0.2) is 0 Å². The maximum Gasteiger partial charge on any atom is 0.0652 e. The van der Waals surface area contributed by atoms with Crippen molar-refractivity contribution in [1.82, 2.24) is 9.13 Å². The molecule has 0 radical (unpaired) electrons. The highest BCUT2D eigenvalue weighted by Crippen LogP contribution is 2.41. The molecule has 0 N–H and O–H groups in total. The third-order valence-corrected chi connectivity index (χ3v) is 14.1. The van der Waals surface area contributed by atoms with E-state index in [2.05, 4.69) is 60.1 Å². The van der Waals surface area contributed by atoms with E-state index in [0.717, 1.165) is 31.8 Å². The minimum absolute atomic E-state index is 0.0319. The lowest BCUT2D eigenvalue weighted by Gasteiger charge is -2.09. The molecule has 10 aromatic carbocycles. The highest BCUT2D eigenvalue weighted by molar-refractivity contribution is 9.93. The molecule has 0 aliphatic rings. The number of thiophene rings is 3. The van der Waals surface area contributed by atoms with Gasteiger partial charge < -0.3 is 9.13 Å². The van der Waals surface area contributed by atoms with E-state index < -0.39 is 178 Å². The van der Waals surface area contributed by atoms with Crippen LogP contribution in [-0.4, -0.2) is 9.13 Å². The van der Waals surface area contributed by atoms with Crippen LogP contribution in [0.1, 0.15) is 49.3 Å². The third-order valence-electron chi connectivity index (χ3n) is 10.2. The first-order valence-electron chi connectivity index (χ1n) is 37.3. The Morgan fingerprint density at radius 3 is 0.884 bits per heavy atom. The van der Waals surface area contributed by atoms with Crippen molar-refractivity contribution in [2.24, 2.45) is 0 Å². The summed E-state index contributed by atoms with van der Waals surface area (Å²) in [6.45, 7) is 0. The van der Waals surface area contributed by atoms with Crippen LogP contribution in [0.25, 0.3) is 116 Å². The Bertz CT molecular complexity index is 5870. The van der Waals surface area contributed by atoms with Gasteiger partial charge in [0.05, 0.1) is 71.4 Å². The number of rotatable bonds is 2. The Labute approximate surface area is 492 Å². The van der Waals surface area contributed by atoms with Gasteiger partial charge in [0.25, 0.3) is 0 Å². The van der Waals surface area contributed by atoms with E-state index in [4.69, 9.17) is 41.1 Å². The number of nitrogens with zero attached hydrogens (tertiary/aromatic N) is 2. The Morgan fingerprint density at radius 1 is 0.275 bits per heavy atom. The van der Waals surface area contributed by atoms with Crippen molar-refractivity contribution in [3.8, 4) is 11.4 Å². The zero-order chi connectivity index (χ0) is 77.9. The molecule has 0 bridgehead atoms. The number of benzene rings is 10. The molecule has 0 atom stereocenters. The van der Waals surface area contributed by atoms with Gasteiger partial charge in [0.2, 0.25) is 0 Å². The summed E-state index contributed by atoms with van der Waals surface area (Å²) in [4.78, 5) is 0. The molecular formula is C60H36Br4N2S3. The molecule has 5 heterocycles. The quantitative estimate of drug-likeness (QED) is 0.163. The smallest absolute Gasteiger partial charge is 0.0652 e. The van der Waals surface area contributed by atoms with Crippen molar-refractivity contribution >= 4 is 198 Å². The van der Waals surface area contributed by atoms with Gasteiger partial charge in [-0.05, 0) is 109 Å². The molecule has 332 valence electrons. The van der Waals surface area contributed by atoms with Crippen molar-refractivity contribution in [3.05, 3.63) is 226 Å². The van der Waals surface area contributed by atoms with Gasteiger partial charge in [-0.2, -0.15) is 0 Å². The van der Waals surface area contributed by atoms with E-state index in [9.17, 15) is 8.22 Å². The molecule has 15 rings (SSSR count). The van der Waals surface area contributed by atoms with Crippen LogP contribution < -0.4 is 0 Å². The minimum Gasteiger partial charge on any atom is -0.309 e. The van der Waals surface area contributed by atoms with Crippen LogP contribution in [0.15, 0.2) is 226 Å². The highest BCUT2D eigenvalue weighted by Gasteiger charge is 2.16. The molecule has 0 aliphatic carbocycles. The maximum atomic E-state index is 9.70. The Morgan fingerprint density at radius 2 is 0.536 bits per heavy atom. The Balaban J connectivity index is 0.000000190. The molecule has 5 aromatic heterocycles. The van der Waals surface area contributed by atoms with Crippen LogP contribution in [0, 0.1) is 0 Å². The number of hydrogen-bond donors (Lipinski definition) is 0. The van der Waals surface area contributed by atoms with Crippen LogP contribution in [0.2, 0.25) is 0 Å². The maximum absolute atomic E-state index is 9.70. The third kappa shape index (κ3) is 8.02. The molecule has 0 spiro atoms. The van der Waals surface area contributed by atoms with E-state index in [1.807, 2.05) is 0 Å². The van der Waals surface area contributed by atoms with E-state index in [-0.39, 0.29) is 143 Å². The van der Waals surface area contributed by atoms with Crippen molar-refractivity contribution in [1.29, 1.82) is 0 Å². The van der Waals surface area contributed by atoms with Gasteiger partial charge >= 0.3 is 0 Å². The first-order chi connectivity index (χ1) is 49.1. The van der Waals surface area contributed by atoms with Crippen molar-refractivity contribution < 1.29 is 49.3 Å². The second-order valence-corrected chi connectivity index (χ2v) is 18.6. The summed E-state index contributed by atoms with van der Waals surface area (Å²) in [5.41, 5.74) is -2.94. The number of hydrogen-bond acceptors (Lipinski definition) is 3. The monoisotopic (exact) mass is 1230 g/mol. The van der Waals surface area contributed by atoms with E-state index in [1.165, 1.54) is 0 Å². The number of aromatic nitrogens is 2. The predicted octanol–water partition coefficient (Wildman–Crippen LogP) is 21.6. The van der Waals surface area contributed by atoms with E-state index in [0.29, 0.717) is 31.5 Å². The van der Waals surface area contributed by atoms with Gasteiger partial charge in [0, 0.05) is 131 Å². The normalized spacial score (nSPS) is 18.8. The molecule has 9 heteroatoms. The van der Waals surface area contributed by atoms with Crippen molar-refractivity contribution in [3.63, 3.8) is 0 Å². The molecule has 0 amide bonds. The van der Waals surface area contributed by atoms with Gasteiger partial charge in [0.1, 0.15) is 0 Å². The summed E-state index contributed by atoms with van der Waals surface area (Å²) in [5.74, 6) is 0. The van der Waals surface area contributed by atoms with Crippen LogP contribution in [0.3, 0.4) is 0 Å². The molecule has 0 saturated carbocycles. The molecular weight excluding hydrogens is 1160 g/mol. The lowest BCUT2D eigenvalue weighted by Crippen LogP contribution is -1.94. The Kier molecular flexibility index (Phi) is 5.56. The van der Waals surface area contributed by atoms with Gasteiger partial charge in [-0.15, -0.1) is 34.0 Å². The summed E-state index contributed by atoms with van der Waals surface area (Å²) in [6.07, 6.45) is 0. The largest absolute Gasteiger partial charge is 0.309 e. The van der Waals surface area contributed by atoms with Crippen molar-refractivity contribution in [2.45, 2.75) is 0 Å². The fraction of sp³-hybridized carbons (Fsp3) is 0. The molecule has 69 heavy (non-hydrogen) atoms. The SMILES string of the molecule is BrBr.[2H]c1c(-n2c3c([2H])c([2H])c([2H])c([2H])c3c3c([2H])c([2H])c([2H])c([2H])c32)c([2H])c2c(sc3c([2H])c([2H])c(-n4c5c([2H])c([2H])c([2H])c([2H])c5c5c([2H])c([2H])c([2H])c([2H])c54)c([2H])c32)c1[2H].[2H]c1c(Br)c([2H])c2c(sc3c([2H])c([2H])c(Br)c([2H])c32)c1[2H].[2H]c1c([2H])c([2H])c2c(sc3c([2H])c([2H])c([2H])c([2H])c32)c1[2H]. The summed E-state index contributed by atoms with van der Waals surface area (Å²) in [5, 5.41) is -0.913. The van der Waals surface area contributed by atoms with E-state index in [1.54, 1.807) is 0 Å².